The highest BCUT2D eigenvalue weighted by atomic mass is 19.4. The van der Waals surface area contributed by atoms with Gasteiger partial charge in [0.05, 0.1) is 17.7 Å². The molecule has 0 radical (unpaired) electrons. The fourth-order valence-electron chi connectivity index (χ4n) is 2.19. The number of ether oxygens (including phenoxy) is 1. The molecule has 0 aliphatic heterocycles. The molecule has 0 bridgehead atoms. The lowest BCUT2D eigenvalue weighted by atomic mass is 10.2. The number of carbonyl (C=O) groups excluding carboxylic acids is 1. The molecule has 5 nitrogen and oxygen atoms in total. The molecule has 130 valence electrons. The molecule has 1 N–H and O–H groups in total. The highest BCUT2D eigenvalue weighted by molar-refractivity contribution is 5.93. The van der Waals surface area contributed by atoms with E-state index in [4.69, 9.17) is 9.15 Å². The maximum atomic E-state index is 12.6. The molecule has 0 fully saturated rings. The Morgan fingerprint density at radius 3 is 2.56 bits per heavy atom. The van der Waals surface area contributed by atoms with Crippen molar-refractivity contribution in [3.8, 4) is 0 Å². The van der Waals surface area contributed by atoms with E-state index in [2.05, 4.69) is 10.3 Å². The topological polar surface area (TPSA) is 64.4 Å². The molecule has 25 heavy (non-hydrogen) atoms. The van der Waals surface area contributed by atoms with Crippen LogP contribution in [0.1, 0.15) is 22.8 Å². The van der Waals surface area contributed by atoms with Gasteiger partial charge in [0.1, 0.15) is 5.52 Å². The molecular formula is C17H13F3N2O3. The Hall–Kier alpha value is -3.03. The van der Waals surface area contributed by atoms with Crippen LogP contribution in [0.25, 0.3) is 11.1 Å². The molecule has 0 atom stereocenters. The van der Waals surface area contributed by atoms with Gasteiger partial charge in [0.2, 0.25) is 0 Å². The zero-order valence-electron chi connectivity index (χ0n) is 13.1. The highest BCUT2D eigenvalue weighted by Crippen LogP contribution is 2.30. The normalized spacial score (nSPS) is 11.5. The van der Waals surface area contributed by atoms with Gasteiger partial charge >= 0.3 is 12.1 Å². The molecular weight excluding hydrogens is 337 g/mol. The summed E-state index contributed by atoms with van der Waals surface area (Å²) in [6.07, 6.45) is -4.39. The van der Waals surface area contributed by atoms with Gasteiger partial charge in [-0.25, -0.2) is 4.79 Å². The van der Waals surface area contributed by atoms with Crippen molar-refractivity contribution < 1.29 is 27.1 Å². The van der Waals surface area contributed by atoms with Crippen LogP contribution in [0, 0.1) is 0 Å². The van der Waals surface area contributed by atoms with Gasteiger partial charge in [-0.05, 0) is 49.4 Å². The zero-order valence-corrected chi connectivity index (χ0v) is 13.1. The molecule has 0 spiro atoms. The van der Waals surface area contributed by atoms with E-state index >= 15 is 0 Å². The Bertz CT molecular complexity index is 902. The van der Waals surface area contributed by atoms with Crippen LogP contribution < -0.4 is 5.32 Å². The van der Waals surface area contributed by atoms with Crippen LogP contribution in [-0.2, 0) is 10.9 Å². The van der Waals surface area contributed by atoms with Crippen molar-refractivity contribution in [3.63, 3.8) is 0 Å². The van der Waals surface area contributed by atoms with Gasteiger partial charge in [-0.2, -0.15) is 18.2 Å². The van der Waals surface area contributed by atoms with Crippen LogP contribution in [0.2, 0.25) is 0 Å². The number of hydrogen-bond donors (Lipinski definition) is 1. The number of benzene rings is 2. The molecule has 1 aromatic heterocycles. The first-order valence-electron chi connectivity index (χ1n) is 7.39. The molecule has 8 heteroatoms. The molecule has 0 saturated carbocycles. The van der Waals surface area contributed by atoms with E-state index in [1.807, 2.05) is 0 Å². The number of anilines is 2. The third-order valence-corrected chi connectivity index (χ3v) is 3.36. The number of hydrogen-bond acceptors (Lipinski definition) is 5. The summed E-state index contributed by atoms with van der Waals surface area (Å²) in [6, 6.07) is 9.25. The minimum Gasteiger partial charge on any atom is -0.462 e. The molecule has 0 saturated heterocycles. The van der Waals surface area contributed by atoms with E-state index in [-0.39, 0.29) is 12.6 Å². The number of halogens is 3. The van der Waals surface area contributed by atoms with Crippen LogP contribution in [0.5, 0.6) is 0 Å². The first kappa shape index (κ1) is 16.8. The van der Waals surface area contributed by atoms with Crippen molar-refractivity contribution in [2.24, 2.45) is 0 Å². The Morgan fingerprint density at radius 1 is 1.20 bits per heavy atom. The zero-order chi connectivity index (χ0) is 18.0. The summed E-state index contributed by atoms with van der Waals surface area (Å²) in [5.74, 6) is -0.474. The molecule has 3 rings (SSSR count). The number of nitrogens with one attached hydrogen (secondary N) is 1. The lowest BCUT2D eigenvalue weighted by Crippen LogP contribution is -2.04. The lowest BCUT2D eigenvalue weighted by molar-refractivity contribution is -0.137. The molecule has 0 unspecified atom stereocenters. The lowest BCUT2D eigenvalue weighted by Gasteiger charge is -2.07. The van der Waals surface area contributed by atoms with Gasteiger partial charge in [-0.15, -0.1) is 0 Å². The standard InChI is InChI=1S/C17H13F3N2O3/c1-2-24-15(23)10-3-8-13-14(9-10)25-16(22-13)21-12-6-4-11(5-7-12)17(18,19)20/h3-9H,2H2,1H3,(H,21,22). The van der Waals surface area contributed by atoms with E-state index in [1.54, 1.807) is 19.1 Å². The minimum absolute atomic E-state index is 0.107. The largest absolute Gasteiger partial charge is 0.462 e. The van der Waals surface area contributed by atoms with Gasteiger partial charge in [0, 0.05) is 5.69 Å². The smallest absolute Gasteiger partial charge is 0.416 e. The van der Waals surface area contributed by atoms with Gasteiger partial charge in [0.15, 0.2) is 5.58 Å². The fourth-order valence-corrected chi connectivity index (χ4v) is 2.19. The summed E-state index contributed by atoms with van der Waals surface area (Å²) in [5.41, 5.74) is 0.842. The fraction of sp³-hybridized carbons (Fsp3) is 0.176. The van der Waals surface area contributed by atoms with E-state index in [0.717, 1.165) is 12.1 Å². The average Bonchev–Trinajstić information content (AvgIpc) is 2.96. The summed E-state index contributed by atoms with van der Waals surface area (Å²) < 4.78 is 48.1. The van der Waals surface area contributed by atoms with Crippen LogP contribution in [0.3, 0.4) is 0 Å². The molecule has 0 amide bonds. The molecule has 1 heterocycles. The SMILES string of the molecule is CCOC(=O)c1ccc2nc(Nc3ccc(C(F)(F)F)cc3)oc2c1. The quantitative estimate of drug-likeness (QED) is 0.687. The predicted octanol–water partition coefficient (Wildman–Crippen LogP) is 4.77. The molecule has 0 aliphatic rings. The number of carbonyl (C=O) groups is 1. The number of aromatic nitrogens is 1. The third-order valence-electron chi connectivity index (χ3n) is 3.36. The molecule has 0 aliphatic carbocycles. The highest BCUT2D eigenvalue weighted by Gasteiger charge is 2.29. The second-order valence-electron chi connectivity index (χ2n) is 5.12. The van der Waals surface area contributed by atoms with Crippen molar-refractivity contribution in [3.05, 3.63) is 53.6 Å². The monoisotopic (exact) mass is 350 g/mol. The Morgan fingerprint density at radius 2 is 1.92 bits per heavy atom. The second kappa shape index (κ2) is 6.46. The number of fused-ring (bicyclic) bond motifs is 1. The van der Waals surface area contributed by atoms with Gasteiger partial charge in [0.25, 0.3) is 6.01 Å². The van der Waals surface area contributed by atoms with E-state index < -0.39 is 17.7 Å². The van der Waals surface area contributed by atoms with E-state index in [9.17, 15) is 18.0 Å². The number of oxazole rings is 1. The summed E-state index contributed by atoms with van der Waals surface area (Å²) in [5, 5.41) is 2.78. The van der Waals surface area contributed by atoms with Crippen LogP contribution in [-0.4, -0.2) is 17.6 Å². The summed E-state index contributed by atoms with van der Waals surface area (Å²) in [7, 11) is 0. The number of nitrogens with zero attached hydrogens (tertiary/aromatic N) is 1. The predicted molar refractivity (Wildman–Crippen MR) is 84.7 cm³/mol. The Balaban J connectivity index is 1.81. The van der Waals surface area contributed by atoms with Crippen molar-refractivity contribution in [1.29, 1.82) is 0 Å². The van der Waals surface area contributed by atoms with Gasteiger partial charge in [-0.3, -0.25) is 0 Å². The first-order chi connectivity index (χ1) is 11.9. The average molecular weight is 350 g/mol. The second-order valence-corrected chi connectivity index (χ2v) is 5.12. The summed E-state index contributed by atoms with van der Waals surface area (Å²) in [4.78, 5) is 15.9. The van der Waals surface area contributed by atoms with Gasteiger partial charge in [-0.1, -0.05) is 0 Å². The third kappa shape index (κ3) is 3.73. The van der Waals surface area contributed by atoms with Crippen molar-refractivity contribution >= 4 is 28.8 Å². The number of alkyl halides is 3. The van der Waals surface area contributed by atoms with Crippen molar-refractivity contribution in [1.82, 2.24) is 4.98 Å². The minimum atomic E-state index is -4.39. The van der Waals surface area contributed by atoms with Crippen LogP contribution >= 0.6 is 0 Å². The van der Waals surface area contributed by atoms with E-state index in [0.29, 0.717) is 22.4 Å². The Labute approximate surface area is 140 Å². The first-order valence-corrected chi connectivity index (χ1v) is 7.39. The maximum Gasteiger partial charge on any atom is 0.416 e. The maximum absolute atomic E-state index is 12.6. The van der Waals surface area contributed by atoms with Gasteiger partial charge < -0.3 is 14.5 Å². The molecule has 2 aromatic carbocycles. The number of esters is 1. The van der Waals surface area contributed by atoms with Crippen LogP contribution in [0.4, 0.5) is 24.9 Å². The number of rotatable bonds is 4. The Kier molecular flexibility index (Phi) is 4.35. The van der Waals surface area contributed by atoms with Crippen molar-refractivity contribution in [2.45, 2.75) is 13.1 Å². The van der Waals surface area contributed by atoms with Crippen molar-refractivity contribution in [2.75, 3.05) is 11.9 Å². The summed E-state index contributed by atoms with van der Waals surface area (Å²) in [6.45, 7) is 1.96. The summed E-state index contributed by atoms with van der Waals surface area (Å²) >= 11 is 0. The van der Waals surface area contributed by atoms with Crippen LogP contribution in [0.15, 0.2) is 46.9 Å². The molecule has 3 aromatic rings. The van der Waals surface area contributed by atoms with E-state index in [1.165, 1.54) is 18.2 Å².